The average Bonchev–Trinajstić information content (AvgIpc) is 2.75. The first-order chi connectivity index (χ1) is 14.8. The van der Waals surface area contributed by atoms with Crippen molar-refractivity contribution in [2.24, 2.45) is 0 Å². The molecule has 0 fully saturated rings. The monoisotopic (exact) mass is 424 g/mol. The number of nitrogens with one attached hydrogen (secondary N) is 1. The smallest absolute Gasteiger partial charge is 0.0768 e. The molecule has 0 aromatic carbocycles. The highest BCUT2D eigenvalue weighted by Crippen LogP contribution is 2.12. The summed E-state index contributed by atoms with van der Waals surface area (Å²) < 4.78 is 0. The molecule has 0 saturated carbocycles. The lowest BCUT2D eigenvalue weighted by Gasteiger charge is -2.13. The molecular formula is C29H62N+. The van der Waals surface area contributed by atoms with Gasteiger partial charge in [0.05, 0.1) is 20.1 Å². The molecule has 0 aromatic heterocycles. The van der Waals surface area contributed by atoms with Gasteiger partial charge in [-0.15, -0.1) is 0 Å². The van der Waals surface area contributed by atoms with Crippen LogP contribution in [-0.4, -0.2) is 20.1 Å². The molecule has 0 aromatic rings. The fourth-order valence-corrected chi connectivity index (χ4v) is 4.66. The Balaban J connectivity index is 3.13. The summed E-state index contributed by atoms with van der Waals surface area (Å²) in [6.07, 6.45) is 35.1. The third-order valence-electron chi connectivity index (χ3n) is 6.91. The van der Waals surface area contributed by atoms with E-state index in [4.69, 9.17) is 0 Å². The first kappa shape index (κ1) is 30.0. The minimum atomic E-state index is 1.37. The van der Waals surface area contributed by atoms with E-state index in [9.17, 15) is 0 Å². The highest BCUT2D eigenvalue weighted by molar-refractivity contribution is 4.50. The molecule has 0 rings (SSSR count). The topological polar surface area (TPSA) is 4.44 Å². The van der Waals surface area contributed by atoms with Gasteiger partial charge in [-0.3, -0.25) is 0 Å². The first-order valence-corrected chi connectivity index (χ1v) is 14.6. The van der Waals surface area contributed by atoms with Gasteiger partial charge < -0.3 is 4.90 Å². The molecule has 0 aliphatic rings. The van der Waals surface area contributed by atoms with E-state index in [2.05, 4.69) is 20.9 Å². The van der Waals surface area contributed by atoms with E-state index >= 15 is 0 Å². The highest BCUT2D eigenvalue weighted by atomic mass is 15.1. The van der Waals surface area contributed by atoms with Crippen molar-refractivity contribution in [3.05, 3.63) is 0 Å². The lowest BCUT2D eigenvalue weighted by atomic mass is 10.0. The second-order valence-corrected chi connectivity index (χ2v) is 10.2. The van der Waals surface area contributed by atoms with Crippen LogP contribution < -0.4 is 4.90 Å². The maximum Gasteiger partial charge on any atom is 0.0768 e. The van der Waals surface area contributed by atoms with Crippen molar-refractivity contribution >= 4 is 0 Å². The van der Waals surface area contributed by atoms with Gasteiger partial charge in [-0.1, -0.05) is 142 Å². The molecular weight excluding hydrogens is 362 g/mol. The molecule has 1 nitrogen and oxygen atoms in total. The van der Waals surface area contributed by atoms with Crippen molar-refractivity contribution < 1.29 is 4.90 Å². The SMILES string of the molecule is CCCCCCCCCCCCCC[NH+](C)CCCCCCCCCCCCCC. The Morgan fingerprint density at radius 3 is 0.733 bits per heavy atom. The molecule has 0 aliphatic heterocycles. The van der Waals surface area contributed by atoms with Gasteiger partial charge in [0.15, 0.2) is 0 Å². The summed E-state index contributed by atoms with van der Waals surface area (Å²) in [4.78, 5) is 1.77. The summed E-state index contributed by atoms with van der Waals surface area (Å²) in [5.74, 6) is 0. The second-order valence-electron chi connectivity index (χ2n) is 10.2. The van der Waals surface area contributed by atoms with Crippen LogP contribution in [0.3, 0.4) is 0 Å². The lowest BCUT2D eigenvalue weighted by molar-refractivity contribution is -0.880. The Labute approximate surface area is 193 Å². The molecule has 1 heteroatoms. The van der Waals surface area contributed by atoms with Gasteiger partial charge in [-0.25, -0.2) is 0 Å². The predicted molar refractivity (Wildman–Crippen MR) is 139 cm³/mol. The van der Waals surface area contributed by atoms with Crippen LogP contribution in [0.5, 0.6) is 0 Å². The molecule has 182 valence electrons. The minimum absolute atomic E-state index is 1.37. The van der Waals surface area contributed by atoms with Crippen molar-refractivity contribution in [2.45, 2.75) is 168 Å². The third kappa shape index (κ3) is 26.0. The van der Waals surface area contributed by atoms with Gasteiger partial charge in [-0.05, 0) is 25.7 Å². The second kappa shape index (κ2) is 27.0. The maximum absolute atomic E-state index is 2.41. The van der Waals surface area contributed by atoms with E-state index < -0.39 is 0 Å². The molecule has 0 heterocycles. The molecule has 0 bridgehead atoms. The minimum Gasteiger partial charge on any atom is -0.337 e. The van der Waals surface area contributed by atoms with Gasteiger partial charge >= 0.3 is 0 Å². The van der Waals surface area contributed by atoms with Crippen LogP contribution in [0.1, 0.15) is 168 Å². The molecule has 0 atom stereocenters. The standard InChI is InChI=1S/C29H61N/c1-4-6-8-10-12-14-16-18-20-22-24-26-28-30(3)29-27-25-23-21-19-17-15-13-11-9-7-5-2/h4-29H2,1-3H3/p+1. The fraction of sp³-hybridized carbons (Fsp3) is 1.00. The Bertz CT molecular complexity index is 260. The van der Waals surface area contributed by atoms with Gasteiger partial charge in [0.2, 0.25) is 0 Å². The largest absolute Gasteiger partial charge is 0.337 e. The Morgan fingerprint density at radius 2 is 0.500 bits per heavy atom. The average molecular weight is 425 g/mol. The number of quaternary nitrogens is 1. The van der Waals surface area contributed by atoms with Crippen LogP contribution in [0.2, 0.25) is 0 Å². The highest BCUT2D eigenvalue weighted by Gasteiger charge is 2.02. The zero-order valence-corrected chi connectivity index (χ0v) is 21.9. The number of hydrogen-bond donors (Lipinski definition) is 1. The van der Waals surface area contributed by atoms with Crippen LogP contribution in [0.15, 0.2) is 0 Å². The first-order valence-electron chi connectivity index (χ1n) is 14.6. The Kier molecular flexibility index (Phi) is 27.0. The molecule has 0 saturated heterocycles. The molecule has 1 N–H and O–H groups in total. The number of unbranched alkanes of at least 4 members (excludes halogenated alkanes) is 22. The Hall–Kier alpha value is -0.0400. The lowest BCUT2D eigenvalue weighted by Crippen LogP contribution is -3.09. The summed E-state index contributed by atoms with van der Waals surface area (Å²) in [6.45, 7) is 7.40. The van der Waals surface area contributed by atoms with Crippen molar-refractivity contribution in [1.29, 1.82) is 0 Å². The van der Waals surface area contributed by atoms with Gasteiger partial charge in [0, 0.05) is 0 Å². The zero-order valence-electron chi connectivity index (χ0n) is 21.9. The van der Waals surface area contributed by atoms with Crippen molar-refractivity contribution in [1.82, 2.24) is 0 Å². The summed E-state index contributed by atoms with van der Waals surface area (Å²) in [5.41, 5.74) is 0. The maximum atomic E-state index is 2.41. The van der Waals surface area contributed by atoms with E-state index in [1.54, 1.807) is 4.90 Å². The molecule has 0 unspecified atom stereocenters. The Morgan fingerprint density at radius 1 is 0.300 bits per heavy atom. The summed E-state index contributed by atoms with van der Waals surface area (Å²) in [5, 5.41) is 0. The van der Waals surface area contributed by atoms with Gasteiger partial charge in [0.25, 0.3) is 0 Å². The van der Waals surface area contributed by atoms with E-state index in [1.165, 1.54) is 167 Å². The molecule has 0 amide bonds. The molecule has 0 spiro atoms. The molecule has 30 heavy (non-hydrogen) atoms. The van der Waals surface area contributed by atoms with Crippen LogP contribution in [0.4, 0.5) is 0 Å². The predicted octanol–water partition coefficient (Wildman–Crippen LogP) is 8.90. The quantitative estimate of drug-likeness (QED) is 0.132. The van der Waals surface area contributed by atoms with Crippen molar-refractivity contribution in [3.63, 3.8) is 0 Å². The van der Waals surface area contributed by atoms with Gasteiger partial charge in [0.1, 0.15) is 0 Å². The van der Waals surface area contributed by atoms with Crippen LogP contribution in [-0.2, 0) is 0 Å². The normalized spacial score (nSPS) is 11.6. The third-order valence-corrected chi connectivity index (χ3v) is 6.91. The van der Waals surface area contributed by atoms with E-state index in [0.717, 1.165) is 0 Å². The van der Waals surface area contributed by atoms with Crippen molar-refractivity contribution in [3.8, 4) is 0 Å². The number of hydrogen-bond acceptors (Lipinski definition) is 0. The van der Waals surface area contributed by atoms with E-state index in [0.29, 0.717) is 0 Å². The van der Waals surface area contributed by atoms with Crippen LogP contribution >= 0.6 is 0 Å². The molecule has 0 aliphatic carbocycles. The van der Waals surface area contributed by atoms with Crippen LogP contribution in [0, 0.1) is 0 Å². The summed E-state index contributed by atoms with van der Waals surface area (Å²) in [6, 6.07) is 0. The van der Waals surface area contributed by atoms with E-state index in [-0.39, 0.29) is 0 Å². The van der Waals surface area contributed by atoms with Crippen molar-refractivity contribution in [2.75, 3.05) is 20.1 Å². The summed E-state index contributed by atoms with van der Waals surface area (Å²) >= 11 is 0. The zero-order chi connectivity index (χ0) is 22.0. The summed E-state index contributed by atoms with van der Waals surface area (Å²) in [7, 11) is 2.41. The van der Waals surface area contributed by atoms with Crippen LogP contribution in [0.25, 0.3) is 0 Å². The van der Waals surface area contributed by atoms with Gasteiger partial charge in [-0.2, -0.15) is 0 Å². The van der Waals surface area contributed by atoms with E-state index in [1.807, 2.05) is 0 Å². The molecule has 0 radical (unpaired) electrons. The number of rotatable bonds is 26. The fourth-order valence-electron chi connectivity index (χ4n) is 4.66.